The lowest BCUT2D eigenvalue weighted by atomic mass is 9.48. The van der Waals surface area contributed by atoms with Gasteiger partial charge in [-0.15, -0.1) is 0 Å². The molecule has 0 aliphatic heterocycles. The number of aromatic nitrogens is 2. The van der Waals surface area contributed by atoms with Crippen LogP contribution in [0, 0.1) is 34.4 Å². The molecule has 5 heteroatoms. The van der Waals surface area contributed by atoms with Gasteiger partial charge in [0, 0.05) is 12.2 Å². The topological polar surface area (TPSA) is 36.3 Å². The monoisotopic (exact) mass is 443 g/mol. The van der Waals surface area contributed by atoms with Crippen molar-refractivity contribution < 1.29 is 9.47 Å². The van der Waals surface area contributed by atoms with Crippen molar-refractivity contribution in [3.63, 3.8) is 0 Å². The fourth-order valence-corrected chi connectivity index (χ4v) is 6.45. The lowest BCUT2D eigenvalue weighted by Crippen LogP contribution is -2.58. The van der Waals surface area contributed by atoms with Crippen molar-refractivity contribution in [1.29, 1.82) is 0 Å². The molecule has 1 aromatic heterocycles. The van der Waals surface area contributed by atoms with Crippen LogP contribution >= 0.6 is 22.6 Å². The average molecular weight is 443 g/mol. The Kier molecular flexibility index (Phi) is 4.71. The average Bonchev–Trinajstić information content (AvgIpc) is 2.82. The SMILES string of the molecule is C[CH]OCCOC12CC3CC(CC(Cn4ncc(I)c4C)(C3)C1)C2. The van der Waals surface area contributed by atoms with E-state index in [4.69, 9.17) is 9.47 Å². The molecule has 5 rings (SSSR count). The molecule has 4 saturated carbocycles. The van der Waals surface area contributed by atoms with Crippen LogP contribution in [-0.2, 0) is 16.0 Å². The highest BCUT2D eigenvalue weighted by atomic mass is 127. The van der Waals surface area contributed by atoms with Gasteiger partial charge in [0.05, 0.1) is 35.2 Å². The summed E-state index contributed by atoms with van der Waals surface area (Å²) in [5.74, 6) is 1.69. The Labute approximate surface area is 158 Å². The van der Waals surface area contributed by atoms with Gasteiger partial charge in [-0.25, -0.2) is 0 Å². The van der Waals surface area contributed by atoms with Crippen LogP contribution in [0.5, 0.6) is 0 Å². The first-order chi connectivity index (χ1) is 11.5. The third-order valence-electron chi connectivity index (χ3n) is 6.43. The molecule has 133 valence electrons. The van der Waals surface area contributed by atoms with Crippen molar-refractivity contribution in [2.24, 2.45) is 17.3 Å². The van der Waals surface area contributed by atoms with Crippen molar-refractivity contribution >= 4 is 22.6 Å². The van der Waals surface area contributed by atoms with Crippen LogP contribution in [-0.4, -0.2) is 28.6 Å². The Balaban J connectivity index is 1.51. The Hall–Kier alpha value is -0.140. The van der Waals surface area contributed by atoms with Crippen LogP contribution in [0.25, 0.3) is 0 Å². The lowest BCUT2D eigenvalue weighted by Gasteiger charge is -2.61. The molecule has 1 heterocycles. The van der Waals surface area contributed by atoms with Crippen molar-refractivity contribution in [2.75, 3.05) is 13.2 Å². The highest BCUT2D eigenvalue weighted by molar-refractivity contribution is 14.1. The van der Waals surface area contributed by atoms with Crippen molar-refractivity contribution in [2.45, 2.75) is 64.5 Å². The molecule has 24 heavy (non-hydrogen) atoms. The van der Waals surface area contributed by atoms with Gasteiger partial charge in [0.2, 0.25) is 0 Å². The standard InChI is InChI=1S/C19H28IN2O2/c1-3-23-4-5-24-19-9-15-6-16(10-19)8-18(7-15,12-19)13-22-14(2)17(20)11-21-22/h3,11,15-16H,4-10,12-13H2,1-2H3. The van der Waals surface area contributed by atoms with E-state index in [9.17, 15) is 0 Å². The first kappa shape index (κ1) is 17.3. The zero-order valence-corrected chi connectivity index (χ0v) is 16.9. The van der Waals surface area contributed by atoms with Gasteiger partial charge in [-0.3, -0.25) is 4.68 Å². The molecular weight excluding hydrogens is 415 g/mol. The summed E-state index contributed by atoms with van der Waals surface area (Å²) in [6, 6.07) is 0. The molecule has 0 N–H and O–H groups in total. The summed E-state index contributed by atoms with van der Waals surface area (Å²) in [5, 5.41) is 4.64. The quantitative estimate of drug-likeness (QED) is 0.465. The molecule has 4 fully saturated rings. The van der Waals surface area contributed by atoms with Crippen molar-refractivity contribution in [1.82, 2.24) is 9.78 Å². The maximum atomic E-state index is 6.47. The predicted octanol–water partition coefficient (Wildman–Crippen LogP) is 4.35. The van der Waals surface area contributed by atoms with Crippen LogP contribution in [0.3, 0.4) is 0 Å². The van der Waals surface area contributed by atoms with E-state index in [1.165, 1.54) is 47.8 Å². The van der Waals surface area contributed by atoms with Crippen LogP contribution in [0.15, 0.2) is 6.20 Å². The molecule has 4 aliphatic rings. The van der Waals surface area contributed by atoms with Crippen molar-refractivity contribution in [3.8, 4) is 0 Å². The highest BCUT2D eigenvalue weighted by Crippen LogP contribution is 2.63. The number of hydrogen-bond donors (Lipinski definition) is 0. The Morgan fingerprint density at radius 2 is 2.04 bits per heavy atom. The summed E-state index contributed by atoms with van der Waals surface area (Å²) in [6.07, 6.45) is 9.88. The minimum absolute atomic E-state index is 0.107. The zero-order chi connectivity index (χ0) is 16.8. The fourth-order valence-electron chi connectivity index (χ4n) is 6.04. The van der Waals surface area contributed by atoms with Crippen LogP contribution in [0.1, 0.15) is 51.1 Å². The summed E-state index contributed by atoms with van der Waals surface area (Å²) in [4.78, 5) is 0. The third kappa shape index (κ3) is 3.16. The summed E-state index contributed by atoms with van der Waals surface area (Å²) in [6.45, 7) is 8.34. The first-order valence-electron chi connectivity index (χ1n) is 9.24. The summed E-state index contributed by atoms with van der Waals surface area (Å²) >= 11 is 2.39. The van der Waals surface area contributed by atoms with Gasteiger partial charge in [-0.2, -0.15) is 5.10 Å². The van der Waals surface area contributed by atoms with Gasteiger partial charge < -0.3 is 9.47 Å². The second-order valence-corrected chi connectivity index (χ2v) is 9.50. The first-order valence-corrected chi connectivity index (χ1v) is 10.3. The summed E-state index contributed by atoms with van der Waals surface area (Å²) in [7, 11) is 0. The van der Waals surface area contributed by atoms with E-state index in [0.29, 0.717) is 12.0 Å². The number of ether oxygens (including phenoxy) is 2. The molecule has 4 aliphatic carbocycles. The predicted molar refractivity (Wildman–Crippen MR) is 101 cm³/mol. The minimum Gasteiger partial charge on any atom is -0.373 e. The molecular formula is C19H28IN2O2. The number of halogens is 1. The van der Waals surface area contributed by atoms with Crippen LogP contribution < -0.4 is 0 Å². The molecule has 2 unspecified atom stereocenters. The second kappa shape index (κ2) is 6.54. The number of nitrogens with zero attached hydrogens (tertiary/aromatic N) is 2. The maximum Gasteiger partial charge on any atom is 0.0807 e. The molecule has 0 amide bonds. The minimum atomic E-state index is 0.107. The Bertz CT molecular complexity index is 586. The van der Waals surface area contributed by atoms with Gasteiger partial charge in [0.1, 0.15) is 0 Å². The number of hydrogen-bond acceptors (Lipinski definition) is 3. The van der Waals surface area contributed by atoms with E-state index in [2.05, 4.69) is 39.3 Å². The molecule has 0 spiro atoms. The zero-order valence-electron chi connectivity index (χ0n) is 14.8. The normalized spacial score (nSPS) is 37.3. The fraction of sp³-hybridized carbons (Fsp3) is 0.789. The number of rotatable bonds is 7. The summed E-state index contributed by atoms with van der Waals surface area (Å²) < 4.78 is 15.4. The highest BCUT2D eigenvalue weighted by Gasteiger charge is 2.58. The van der Waals surface area contributed by atoms with Crippen molar-refractivity contribution in [3.05, 3.63) is 22.1 Å². The van der Waals surface area contributed by atoms with E-state index in [1.54, 1.807) is 6.61 Å². The van der Waals surface area contributed by atoms with E-state index in [0.717, 1.165) is 25.0 Å². The van der Waals surface area contributed by atoms with E-state index >= 15 is 0 Å². The molecule has 4 nitrogen and oxygen atoms in total. The van der Waals surface area contributed by atoms with E-state index < -0.39 is 0 Å². The van der Waals surface area contributed by atoms with Gasteiger partial charge in [0.25, 0.3) is 0 Å². The molecule has 0 saturated heterocycles. The van der Waals surface area contributed by atoms with Gasteiger partial charge >= 0.3 is 0 Å². The van der Waals surface area contributed by atoms with Gasteiger partial charge in [-0.05, 0) is 92.2 Å². The summed E-state index contributed by atoms with van der Waals surface area (Å²) in [5.41, 5.74) is 1.81. The van der Waals surface area contributed by atoms with Gasteiger partial charge in [-0.1, -0.05) is 0 Å². The van der Waals surface area contributed by atoms with Crippen LogP contribution in [0.2, 0.25) is 0 Å². The third-order valence-corrected chi connectivity index (χ3v) is 7.49. The molecule has 2 atom stereocenters. The second-order valence-electron chi connectivity index (χ2n) is 8.33. The molecule has 0 aromatic carbocycles. The Morgan fingerprint density at radius 1 is 1.29 bits per heavy atom. The van der Waals surface area contributed by atoms with Crippen LogP contribution in [0.4, 0.5) is 0 Å². The molecule has 4 bridgehead atoms. The maximum absolute atomic E-state index is 6.47. The van der Waals surface area contributed by atoms with Gasteiger partial charge in [0.15, 0.2) is 0 Å². The van der Waals surface area contributed by atoms with E-state index in [-0.39, 0.29) is 5.60 Å². The smallest absolute Gasteiger partial charge is 0.0807 e. The largest absolute Gasteiger partial charge is 0.373 e. The Morgan fingerprint density at radius 3 is 2.67 bits per heavy atom. The molecule has 1 radical (unpaired) electrons. The van der Waals surface area contributed by atoms with E-state index in [1.807, 2.05) is 13.1 Å². The molecule has 1 aromatic rings. The lowest BCUT2D eigenvalue weighted by molar-refractivity contribution is -0.200.